The monoisotopic (exact) mass is 266 g/mol. The Labute approximate surface area is 58.0 Å². The van der Waals surface area contributed by atoms with Crippen LogP contribution in [0.25, 0.3) is 0 Å². The predicted molar refractivity (Wildman–Crippen MR) is 26.2 cm³/mol. The van der Waals surface area contributed by atoms with Crippen LogP contribution in [0.1, 0.15) is 13.8 Å². The van der Waals surface area contributed by atoms with Crippen LogP contribution < -0.4 is 0 Å². The third-order valence-corrected chi connectivity index (χ3v) is 0.250. The topological polar surface area (TPSA) is 24.7 Å². The van der Waals surface area contributed by atoms with Gasteiger partial charge < -0.3 is 22.6 Å². The fraction of sp³-hybridized carbons (Fsp3) is 0.500. The van der Waals surface area contributed by atoms with Crippen molar-refractivity contribution in [3.63, 3.8) is 0 Å². The van der Waals surface area contributed by atoms with Crippen LogP contribution in [0.2, 0.25) is 0 Å². The van der Waals surface area contributed by atoms with Crippen LogP contribution in [0.5, 0.6) is 0 Å². The molecule has 0 amide bonds. The van der Waals surface area contributed by atoms with Gasteiger partial charge >= 0.3 is 21.1 Å². The maximum absolute atomic E-state index is 3.35. The molecule has 7 heavy (non-hydrogen) atoms. The van der Waals surface area contributed by atoms with Gasteiger partial charge in [0, 0.05) is 0 Å². The zero-order valence-electron chi connectivity index (χ0n) is 4.30. The molecule has 0 aliphatic heterocycles. The Morgan fingerprint density at radius 3 is 1.43 bits per heavy atom. The summed E-state index contributed by atoms with van der Waals surface area (Å²) in [4.78, 5) is 0. The molecule has 3 heteroatoms. The van der Waals surface area contributed by atoms with E-state index in [4.69, 9.17) is 0 Å². The summed E-state index contributed by atoms with van der Waals surface area (Å²) in [7, 11) is 0. The molecule has 0 radical (unpaired) electrons. The van der Waals surface area contributed by atoms with Gasteiger partial charge in [-0.25, -0.2) is 0 Å². The van der Waals surface area contributed by atoms with E-state index in [2.05, 4.69) is 22.6 Å². The molecule has 0 atom stereocenters. The molecule has 0 heterocycles. The first-order valence-electron chi connectivity index (χ1n) is 1.65. The van der Waals surface area contributed by atoms with Gasteiger partial charge in [0.05, 0.1) is 0 Å². The van der Waals surface area contributed by atoms with Crippen molar-refractivity contribution in [2.45, 2.75) is 13.8 Å². The average Bonchev–Trinajstić information content (AvgIpc) is 1.61. The molecule has 0 aromatic carbocycles. The molecule has 0 bridgehead atoms. The Morgan fingerprint density at radius 2 is 1.29 bits per heavy atom. The largest absolute Gasteiger partial charge is 2.00 e. The standard InChI is InChI=1S/C4H6N2.W/c1-3-5-6-4-2;/h1-2H3;/q-2;+2. The Balaban J connectivity index is 0. The smallest absolute Gasteiger partial charge is 0.414 e. The third-order valence-electron chi connectivity index (χ3n) is 0.250. The van der Waals surface area contributed by atoms with Gasteiger partial charge in [0.1, 0.15) is 0 Å². The second kappa shape index (κ2) is 9.39. The summed E-state index contributed by atoms with van der Waals surface area (Å²) in [6.45, 7) is 3.36. The van der Waals surface area contributed by atoms with Crippen LogP contribution in [-0.4, -0.2) is 12.4 Å². The second-order valence-electron chi connectivity index (χ2n) is 0.647. The van der Waals surface area contributed by atoms with Crippen LogP contribution in [0.3, 0.4) is 0 Å². The van der Waals surface area contributed by atoms with Gasteiger partial charge in [-0.1, -0.05) is 0 Å². The van der Waals surface area contributed by atoms with Crippen molar-refractivity contribution in [1.82, 2.24) is 0 Å². The van der Waals surface area contributed by atoms with Crippen molar-refractivity contribution in [3.8, 4) is 0 Å². The van der Waals surface area contributed by atoms with Crippen LogP contribution in [0.15, 0.2) is 10.2 Å². The first-order chi connectivity index (χ1) is 2.91. The molecular weight excluding hydrogens is 260 g/mol. The normalized spacial score (nSPS) is 10.0. The first-order valence-corrected chi connectivity index (χ1v) is 1.65. The van der Waals surface area contributed by atoms with Gasteiger partial charge in [0.15, 0.2) is 0 Å². The first kappa shape index (κ1) is 10.1. The minimum absolute atomic E-state index is 0. The van der Waals surface area contributed by atoms with Gasteiger partial charge in [-0.2, -0.15) is 13.8 Å². The Hall–Kier alpha value is 0.0283. The molecule has 0 aliphatic rings. The van der Waals surface area contributed by atoms with Crippen molar-refractivity contribution in [1.29, 1.82) is 0 Å². The Morgan fingerprint density at radius 1 is 1.00 bits per heavy atom. The average molecular weight is 266 g/mol. The molecule has 0 aromatic heterocycles. The SMILES string of the molecule is C[C-]=NN=[C-]C.[W+2]. The zero-order chi connectivity index (χ0) is 4.83. The van der Waals surface area contributed by atoms with Gasteiger partial charge in [-0.15, -0.1) is 0 Å². The van der Waals surface area contributed by atoms with E-state index in [0.29, 0.717) is 0 Å². The molecule has 38 valence electrons. The van der Waals surface area contributed by atoms with Crippen molar-refractivity contribution >= 4 is 12.4 Å². The van der Waals surface area contributed by atoms with Crippen molar-refractivity contribution < 1.29 is 21.1 Å². The van der Waals surface area contributed by atoms with Crippen LogP contribution in [0, 0.1) is 0 Å². The zero-order valence-corrected chi connectivity index (χ0v) is 7.24. The summed E-state index contributed by atoms with van der Waals surface area (Å²) in [5.41, 5.74) is 0. The van der Waals surface area contributed by atoms with Crippen molar-refractivity contribution in [2.75, 3.05) is 0 Å². The van der Waals surface area contributed by atoms with Gasteiger partial charge in [-0.3, -0.25) is 0 Å². The molecule has 0 fully saturated rings. The number of hydrogen-bond donors (Lipinski definition) is 0. The maximum atomic E-state index is 3.35. The molecule has 0 aliphatic carbocycles. The molecule has 0 unspecified atom stereocenters. The molecule has 0 rings (SSSR count). The van der Waals surface area contributed by atoms with Crippen LogP contribution in [-0.2, 0) is 21.1 Å². The maximum Gasteiger partial charge on any atom is 2.00 e. The summed E-state index contributed by atoms with van der Waals surface area (Å²) < 4.78 is 0. The number of rotatable bonds is 1. The molecule has 0 N–H and O–H groups in total. The summed E-state index contributed by atoms with van der Waals surface area (Å²) in [5, 5.41) is 6.71. The van der Waals surface area contributed by atoms with E-state index in [9.17, 15) is 0 Å². The minimum Gasteiger partial charge on any atom is -0.414 e. The van der Waals surface area contributed by atoms with Crippen LogP contribution >= 0.6 is 0 Å². The molecular formula is C4H6N2W. The second-order valence-corrected chi connectivity index (χ2v) is 0.647. The van der Waals surface area contributed by atoms with Crippen LogP contribution in [0.4, 0.5) is 0 Å². The fourth-order valence-electron chi connectivity index (χ4n) is 0.100. The van der Waals surface area contributed by atoms with E-state index in [1.807, 2.05) is 0 Å². The molecule has 0 aromatic rings. The van der Waals surface area contributed by atoms with E-state index >= 15 is 0 Å². The summed E-state index contributed by atoms with van der Waals surface area (Å²) in [6, 6.07) is 0. The van der Waals surface area contributed by atoms with Gasteiger partial charge in [0.2, 0.25) is 0 Å². The quantitative estimate of drug-likeness (QED) is 0.381. The van der Waals surface area contributed by atoms with Gasteiger partial charge in [-0.05, 0) is 0 Å². The summed E-state index contributed by atoms with van der Waals surface area (Å²) in [6.07, 6.45) is 4.93. The van der Waals surface area contributed by atoms with E-state index in [1.54, 1.807) is 13.8 Å². The molecule has 2 nitrogen and oxygen atoms in total. The van der Waals surface area contributed by atoms with Crippen molar-refractivity contribution in [2.24, 2.45) is 10.2 Å². The summed E-state index contributed by atoms with van der Waals surface area (Å²) >= 11 is 0. The minimum atomic E-state index is 0. The summed E-state index contributed by atoms with van der Waals surface area (Å²) in [5.74, 6) is 0. The van der Waals surface area contributed by atoms with E-state index in [1.165, 1.54) is 0 Å². The Kier molecular flexibility index (Phi) is 13.6. The van der Waals surface area contributed by atoms with Crippen molar-refractivity contribution in [3.05, 3.63) is 0 Å². The number of nitrogens with zero attached hydrogens (tertiary/aromatic N) is 2. The molecule has 0 saturated carbocycles. The Bertz CT molecular complexity index is 58.1. The number of hydrogen-bond acceptors (Lipinski definition) is 2. The predicted octanol–water partition coefficient (Wildman–Crippen LogP) is 0.834. The molecule has 0 spiro atoms. The van der Waals surface area contributed by atoms with E-state index < -0.39 is 0 Å². The molecule has 0 saturated heterocycles. The fourth-order valence-corrected chi connectivity index (χ4v) is 0.100. The van der Waals surface area contributed by atoms with Gasteiger partial charge in [0.25, 0.3) is 0 Å². The van der Waals surface area contributed by atoms with E-state index in [0.717, 1.165) is 0 Å². The van der Waals surface area contributed by atoms with E-state index in [-0.39, 0.29) is 21.1 Å². The third kappa shape index (κ3) is 10.7.